The minimum absolute atomic E-state index is 0.244. The second kappa shape index (κ2) is 8.97. The van der Waals surface area contributed by atoms with E-state index in [1.54, 1.807) is 28.6 Å². The smallest absolute Gasteiger partial charge is 0.444 e. The van der Waals surface area contributed by atoms with Crippen molar-refractivity contribution in [3.8, 4) is 0 Å². The van der Waals surface area contributed by atoms with Crippen molar-refractivity contribution >= 4 is 22.9 Å². The van der Waals surface area contributed by atoms with Gasteiger partial charge in [-0.1, -0.05) is 0 Å². The molecule has 2 aromatic rings. The van der Waals surface area contributed by atoms with Gasteiger partial charge in [0, 0.05) is 49.2 Å². The summed E-state index contributed by atoms with van der Waals surface area (Å²) in [5, 5.41) is 7.74. The number of nitrogens with one attached hydrogen (secondary N) is 1. The summed E-state index contributed by atoms with van der Waals surface area (Å²) in [7, 11) is 0. The number of rotatable bonds is 6. The number of amides is 2. The highest BCUT2D eigenvalue weighted by molar-refractivity contribution is 6.00. The van der Waals surface area contributed by atoms with Gasteiger partial charge < -0.3 is 15.0 Å². The van der Waals surface area contributed by atoms with Crippen LogP contribution < -0.4 is 5.32 Å². The molecule has 1 aromatic heterocycles. The Labute approximate surface area is 183 Å². The number of halogens is 3. The minimum Gasteiger partial charge on any atom is -0.444 e. The van der Waals surface area contributed by atoms with Gasteiger partial charge in [-0.05, 0) is 45.4 Å². The lowest BCUT2D eigenvalue weighted by molar-refractivity contribution is -0.323. The Bertz CT molecular complexity index is 991. The van der Waals surface area contributed by atoms with Crippen molar-refractivity contribution < 1.29 is 32.2 Å². The number of likely N-dealkylation sites (tertiary alicyclic amines) is 1. The van der Waals surface area contributed by atoms with Gasteiger partial charge in [0.2, 0.25) is 0 Å². The zero-order valence-electron chi connectivity index (χ0n) is 18.5. The molecule has 1 aliphatic rings. The molecule has 0 bridgehead atoms. The second-order valence-corrected chi connectivity index (χ2v) is 8.82. The number of aromatic nitrogens is 2. The van der Waals surface area contributed by atoms with Crippen LogP contribution in [0.15, 0.2) is 18.3 Å². The largest absolute Gasteiger partial charge is 0.522 e. The number of carbonyl (C=O) groups excluding carboxylic acids is 2. The summed E-state index contributed by atoms with van der Waals surface area (Å²) in [6, 6.07) is 3.30. The van der Waals surface area contributed by atoms with Gasteiger partial charge in [0.05, 0.1) is 12.1 Å². The monoisotopic (exact) mass is 456 g/mol. The third-order valence-electron chi connectivity index (χ3n) is 4.96. The quantitative estimate of drug-likeness (QED) is 0.673. The van der Waals surface area contributed by atoms with E-state index >= 15 is 0 Å². The number of hydrogen-bond donors (Lipinski definition) is 1. The van der Waals surface area contributed by atoms with E-state index in [0.717, 1.165) is 5.39 Å². The molecule has 1 aliphatic heterocycles. The third-order valence-corrected chi connectivity index (χ3v) is 4.96. The predicted molar refractivity (Wildman–Crippen MR) is 110 cm³/mol. The molecule has 1 N–H and O–H groups in total. The predicted octanol–water partition coefficient (Wildman–Crippen LogP) is 3.48. The highest BCUT2D eigenvalue weighted by Crippen LogP contribution is 2.24. The zero-order chi connectivity index (χ0) is 23.7. The van der Waals surface area contributed by atoms with Gasteiger partial charge in [0.15, 0.2) is 0 Å². The van der Waals surface area contributed by atoms with Gasteiger partial charge in [0.1, 0.15) is 5.60 Å². The number of hydrogen-bond acceptors (Lipinski definition) is 5. The van der Waals surface area contributed by atoms with Gasteiger partial charge in [-0.2, -0.15) is 5.10 Å². The first-order valence-corrected chi connectivity index (χ1v) is 10.3. The molecular weight excluding hydrogens is 429 g/mol. The van der Waals surface area contributed by atoms with Crippen molar-refractivity contribution in [2.45, 2.75) is 46.2 Å². The van der Waals surface area contributed by atoms with Crippen LogP contribution >= 0.6 is 0 Å². The molecule has 176 valence electrons. The summed E-state index contributed by atoms with van der Waals surface area (Å²) < 4.78 is 46.9. The topological polar surface area (TPSA) is 85.7 Å². The molecule has 0 spiro atoms. The molecule has 0 radical (unpaired) electrons. The first-order chi connectivity index (χ1) is 14.8. The Morgan fingerprint density at radius 3 is 2.53 bits per heavy atom. The van der Waals surface area contributed by atoms with Crippen molar-refractivity contribution in [1.82, 2.24) is 20.0 Å². The number of alkyl halides is 3. The van der Waals surface area contributed by atoms with Gasteiger partial charge in [-0.25, -0.2) is 4.79 Å². The van der Waals surface area contributed by atoms with E-state index in [-0.39, 0.29) is 18.6 Å². The van der Waals surface area contributed by atoms with Crippen LogP contribution in [0.5, 0.6) is 0 Å². The van der Waals surface area contributed by atoms with Crippen molar-refractivity contribution in [2.75, 3.05) is 26.2 Å². The molecule has 11 heteroatoms. The summed E-state index contributed by atoms with van der Waals surface area (Å²) in [4.78, 5) is 26.0. The number of ether oxygens (including phenoxy) is 2. The maximum absolute atomic E-state index is 12.3. The van der Waals surface area contributed by atoms with Gasteiger partial charge >= 0.3 is 12.5 Å². The van der Waals surface area contributed by atoms with Gasteiger partial charge in [-0.15, -0.1) is 13.2 Å². The fourth-order valence-corrected chi connectivity index (χ4v) is 3.47. The van der Waals surface area contributed by atoms with Crippen molar-refractivity contribution in [2.24, 2.45) is 5.92 Å². The lowest BCUT2D eigenvalue weighted by Crippen LogP contribution is -2.52. The summed E-state index contributed by atoms with van der Waals surface area (Å²) in [6.07, 6.45) is -3.21. The molecule has 3 rings (SSSR count). The van der Waals surface area contributed by atoms with E-state index < -0.39 is 24.5 Å². The van der Waals surface area contributed by atoms with Gasteiger partial charge in [-0.3, -0.25) is 14.2 Å². The number of carbonyl (C=O) groups is 2. The molecule has 0 saturated carbocycles. The van der Waals surface area contributed by atoms with Crippen molar-refractivity contribution in [1.29, 1.82) is 0 Å². The molecular formula is C21H27F3N4O4. The Kier molecular flexibility index (Phi) is 6.68. The first kappa shape index (κ1) is 23.8. The molecule has 8 nitrogen and oxygen atoms in total. The summed E-state index contributed by atoms with van der Waals surface area (Å²) in [6.45, 7) is 8.10. The first-order valence-electron chi connectivity index (χ1n) is 10.3. The second-order valence-electron chi connectivity index (χ2n) is 8.82. The number of nitrogens with zero attached hydrogens (tertiary/aromatic N) is 3. The van der Waals surface area contributed by atoms with E-state index in [2.05, 4.69) is 15.2 Å². The summed E-state index contributed by atoms with van der Waals surface area (Å²) >= 11 is 0. The van der Waals surface area contributed by atoms with Crippen LogP contribution in [0.4, 0.5) is 18.0 Å². The highest BCUT2D eigenvalue weighted by Gasteiger charge is 2.34. The van der Waals surface area contributed by atoms with E-state index in [0.29, 0.717) is 36.3 Å². The number of aryl methyl sites for hydroxylation is 1. The molecule has 1 fully saturated rings. The van der Waals surface area contributed by atoms with E-state index in [9.17, 15) is 22.8 Å². The normalized spacial score (nSPS) is 15.0. The Balaban J connectivity index is 1.57. The lowest BCUT2D eigenvalue weighted by Gasteiger charge is -2.39. The van der Waals surface area contributed by atoms with E-state index in [1.165, 1.54) is 0 Å². The minimum atomic E-state index is -4.72. The van der Waals surface area contributed by atoms with Crippen LogP contribution in [0.1, 0.15) is 36.7 Å². The standard InChI is InChI=1S/C21H27F3N4O4/c1-13-15(18(29)25-7-8-31-21(22,23)24)5-6-17-16(13)12-28(26-17)11-14-9-27(10-14)19(30)32-20(2,3)4/h5-6,12,14H,7-11H2,1-4H3,(H,25,29). The highest BCUT2D eigenvalue weighted by atomic mass is 19.4. The van der Waals surface area contributed by atoms with Crippen molar-refractivity contribution in [3.63, 3.8) is 0 Å². The maximum Gasteiger partial charge on any atom is 0.522 e. The molecule has 0 atom stereocenters. The molecule has 2 amide bonds. The molecule has 32 heavy (non-hydrogen) atoms. The van der Waals surface area contributed by atoms with Crippen molar-refractivity contribution in [3.05, 3.63) is 29.5 Å². The maximum atomic E-state index is 12.3. The summed E-state index contributed by atoms with van der Waals surface area (Å²) in [5.41, 5.74) is 1.23. The fraction of sp³-hybridized carbons (Fsp3) is 0.571. The van der Waals surface area contributed by atoms with Gasteiger partial charge in [0.25, 0.3) is 5.91 Å². The Morgan fingerprint density at radius 1 is 1.22 bits per heavy atom. The van der Waals surface area contributed by atoms with E-state index in [4.69, 9.17) is 4.74 Å². The van der Waals surface area contributed by atoms with Crippen LogP contribution in [-0.4, -0.2) is 64.9 Å². The Hall–Kier alpha value is -2.82. The van der Waals surface area contributed by atoms with E-state index in [1.807, 2.05) is 27.0 Å². The fourth-order valence-electron chi connectivity index (χ4n) is 3.47. The summed E-state index contributed by atoms with van der Waals surface area (Å²) in [5.74, 6) is -0.233. The number of fused-ring (bicyclic) bond motifs is 1. The van der Waals surface area contributed by atoms with Crippen LogP contribution in [-0.2, 0) is 16.0 Å². The molecule has 2 heterocycles. The molecule has 1 aromatic carbocycles. The lowest BCUT2D eigenvalue weighted by atomic mass is 10.0. The van der Waals surface area contributed by atoms with Crippen LogP contribution in [0.25, 0.3) is 10.9 Å². The van der Waals surface area contributed by atoms with Crippen LogP contribution in [0, 0.1) is 12.8 Å². The van der Waals surface area contributed by atoms with Crippen LogP contribution in [0.2, 0.25) is 0 Å². The third kappa shape index (κ3) is 6.12. The molecule has 0 unspecified atom stereocenters. The van der Waals surface area contributed by atoms with Crippen LogP contribution in [0.3, 0.4) is 0 Å². The average molecular weight is 456 g/mol. The molecule has 0 aliphatic carbocycles. The number of benzene rings is 1. The SMILES string of the molecule is Cc1c(C(=O)NCCOC(F)(F)F)ccc2nn(CC3CN(C(=O)OC(C)(C)C)C3)cc12. The molecule has 1 saturated heterocycles. The zero-order valence-corrected chi connectivity index (χ0v) is 18.5. The Morgan fingerprint density at radius 2 is 1.91 bits per heavy atom. The average Bonchev–Trinajstić information content (AvgIpc) is 3.03.